The molecular weight excluding hydrogens is 410 g/mol. The van der Waals surface area contributed by atoms with Crippen LogP contribution >= 0.6 is 11.6 Å². The molecule has 158 valence electrons. The van der Waals surface area contributed by atoms with Gasteiger partial charge >= 0.3 is 0 Å². The summed E-state index contributed by atoms with van der Waals surface area (Å²) in [5, 5.41) is 6.94. The first-order valence-electron chi connectivity index (χ1n) is 10.2. The molecule has 2 amide bonds. The molecule has 1 aliphatic rings. The van der Waals surface area contributed by atoms with Crippen LogP contribution in [0.4, 0.5) is 17.1 Å². The standard InChI is InChI=1S/C25H24ClN3O2/c1-16-8-9-21(15-22(16)26)28-25(31)24(18-6-4-3-5-7-18)27-20-10-11-23-19(14-20)12-13-29(23)17(2)30/h3-11,14-15,24,27H,12-13H2,1-2H3,(H,28,31). The van der Waals surface area contributed by atoms with E-state index in [0.29, 0.717) is 17.3 Å². The van der Waals surface area contributed by atoms with E-state index in [-0.39, 0.29) is 11.8 Å². The van der Waals surface area contributed by atoms with E-state index in [0.717, 1.165) is 34.5 Å². The second-order valence-corrected chi connectivity index (χ2v) is 8.11. The van der Waals surface area contributed by atoms with Gasteiger partial charge in [-0.05, 0) is 60.4 Å². The average Bonchev–Trinajstić information content (AvgIpc) is 3.19. The minimum Gasteiger partial charge on any atom is -0.370 e. The summed E-state index contributed by atoms with van der Waals surface area (Å²) in [6.45, 7) is 4.18. The quantitative estimate of drug-likeness (QED) is 0.570. The Hall–Kier alpha value is -3.31. The predicted octanol–water partition coefficient (Wildman–Crippen LogP) is 5.35. The Balaban J connectivity index is 1.60. The number of rotatable bonds is 5. The van der Waals surface area contributed by atoms with E-state index < -0.39 is 6.04 Å². The van der Waals surface area contributed by atoms with Crippen molar-refractivity contribution in [3.63, 3.8) is 0 Å². The van der Waals surface area contributed by atoms with Crippen LogP contribution in [0.15, 0.2) is 66.7 Å². The fraction of sp³-hybridized carbons (Fsp3) is 0.200. The van der Waals surface area contributed by atoms with E-state index in [1.165, 1.54) is 0 Å². The molecule has 1 heterocycles. The number of nitrogens with one attached hydrogen (secondary N) is 2. The molecule has 3 aromatic carbocycles. The number of benzene rings is 3. The lowest BCUT2D eigenvalue weighted by Gasteiger charge is -2.21. The second-order valence-electron chi connectivity index (χ2n) is 7.71. The number of carbonyl (C=O) groups excluding carboxylic acids is 2. The molecule has 0 radical (unpaired) electrons. The summed E-state index contributed by atoms with van der Waals surface area (Å²) in [6.07, 6.45) is 0.800. The largest absolute Gasteiger partial charge is 0.370 e. The summed E-state index contributed by atoms with van der Waals surface area (Å²) in [7, 11) is 0. The molecule has 1 aliphatic heterocycles. The first kappa shape index (κ1) is 20.9. The topological polar surface area (TPSA) is 61.4 Å². The highest BCUT2D eigenvalue weighted by Crippen LogP contribution is 2.32. The molecule has 4 rings (SSSR count). The number of nitrogens with zero attached hydrogens (tertiary/aromatic N) is 1. The zero-order chi connectivity index (χ0) is 22.0. The maximum absolute atomic E-state index is 13.2. The summed E-state index contributed by atoms with van der Waals surface area (Å²) in [5.74, 6) is -0.144. The van der Waals surface area contributed by atoms with Crippen LogP contribution < -0.4 is 15.5 Å². The molecule has 6 heteroatoms. The molecule has 1 unspecified atom stereocenters. The molecule has 5 nitrogen and oxygen atoms in total. The van der Waals surface area contributed by atoms with Crippen molar-refractivity contribution < 1.29 is 9.59 Å². The summed E-state index contributed by atoms with van der Waals surface area (Å²) >= 11 is 6.22. The molecule has 0 fully saturated rings. The number of carbonyl (C=O) groups is 2. The number of anilines is 3. The van der Waals surface area contributed by atoms with E-state index in [4.69, 9.17) is 11.6 Å². The van der Waals surface area contributed by atoms with Crippen molar-refractivity contribution in [2.24, 2.45) is 0 Å². The Morgan fingerprint density at radius 3 is 2.45 bits per heavy atom. The fourth-order valence-corrected chi connectivity index (χ4v) is 4.00. The Bertz CT molecular complexity index is 1130. The molecule has 0 aliphatic carbocycles. The molecule has 3 aromatic rings. The van der Waals surface area contributed by atoms with Crippen molar-refractivity contribution in [1.82, 2.24) is 0 Å². The van der Waals surface area contributed by atoms with Gasteiger partial charge in [-0.2, -0.15) is 0 Å². The van der Waals surface area contributed by atoms with Crippen molar-refractivity contribution in [1.29, 1.82) is 0 Å². The van der Waals surface area contributed by atoms with Crippen LogP contribution in [0, 0.1) is 6.92 Å². The van der Waals surface area contributed by atoms with Gasteiger partial charge in [0.05, 0.1) is 0 Å². The smallest absolute Gasteiger partial charge is 0.251 e. The molecule has 0 saturated heterocycles. The van der Waals surface area contributed by atoms with Gasteiger partial charge in [0.2, 0.25) is 5.91 Å². The van der Waals surface area contributed by atoms with Gasteiger partial charge in [-0.25, -0.2) is 0 Å². The van der Waals surface area contributed by atoms with Gasteiger partial charge in [0.25, 0.3) is 5.91 Å². The third-order valence-corrected chi connectivity index (χ3v) is 5.91. The van der Waals surface area contributed by atoms with Crippen LogP contribution in [0.3, 0.4) is 0 Å². The van der Waals surface area contributed by atoms with Crippen LogP contribution in [0.5, 0.6) is 0 Å². The summed E-state index contributed by atoms with van der Waals surface area (Å²) < 4.78 is 0. The molecule has 0 bridgehead atoms. The number of aryl methyl sites for hydroxylation is 1. The van der Waals surface area contributed by atoms with Crippen LogP contribution in [-0.2, 0) is 16.0 Å². The highest BCUT2D eigenvalue weighted by Gasteiger charge is 2.24. The van der Waals surface area contributed by atoms with Crippen molar-refractivity contribution in [2.45, 2.75) is 26.3 Å². The number of hydrogen-bond acceptors (Lipinski definition) is 3. The zero-order valence-electron chi connectivity index (χ0n) is 17.5. The lowest BCUT2D eigenvalue weighted by molar-refractivity contribution is -0.117. The van der Waals surface area contributed by atoms with Crippen molar-refractivity contribution in [3.8, 4) is 0 Å². The first-order chi connectivity index (χ1) is 14.9. The molecule has 1 atom stereocenters. The van der Waals surface area contributed by atoms with Gasteiger partial charge in [-0.1, -0.05) is 48.0 Å². The normalized spacial score (nSPS) is 13.5. The van der Waals surface area contributed by atoms with Gasteiger partial charge in [0, 0.05) is 35.6 Å². The maximum Gasteiger partial charge on any atom is 0.251 e. The Morgan fingerprint density at radius 2 is 1.74 bits per heavy atom. The van der Waals surface area contributed by atoms with Crippen LogP contribution in [0.2, 0.25) is 5.02 Å². The molecule has 0 aromatic heterocycles. The van der Waals surface area contributed by atoms with Crippen molar-refractivity contribution in [3.05, 3.63) is 88.4 Å². The monoisotopic (exact) mass is 433 g/mol. The van der Waals surface area contributed by atoms with Gasteiger partial charge in [0.15, 0.2) is 0 Å². The third kappa shape index (κ3) is 4.57. The van der Waals surface area contributed by atoms with Gasteiger partial charge < -0.3 is 15.5 Å². The second kappa shape index (κ2) is 8.82. The first-order valence-corrected chi connectivity index (χ1v) is 10.6. The lowest BCUT2D eigenvalue weighted by Crippen LogP contribution is -2.27. The fourth-order valence-electron chi connectivity index (χ4n) is 3.82. The van der Waals surface area contributed by atoms with E-state index in [2.05, 4.69) is 10.6 Å². The van der Waals surface area contributed by atoms with E-state index in [9.17, 15) is 9.59 Å². The average molecular weight is 434 g/mol. The Morgan fingerprint density at radius 1 is 1.00 bits per heavy atom. The van der Waals surface area contributed by atoms with Crippen molar-refractivity contribution in [2.75, 3.05) is 22.1 Å². The van der Waals surface area contributed by atoms with Crippen LogP contribution in [0.25, 0.3) is 0 Å². The summed E-state index contributed by atoms with van der Waals surface area (Å²) in [4.78, 5) is 26.8. The SMILES string of the molecule is CC(=O)N1CCc2cc(NC(C(=O)Nc3ccc(C)c(Cl)c3)c3ccccc3)ccc21. The summed E-state index contributed by atoms with van der Waals surface area (Å²) in [5.41, 5.74) is 5.31. The van der Waals surface area contributed by atoms with E-state index in [1.807, 2.05) is 67.6 Å². The van der Waals surface area contributed by atoms with E-state index in [1.54, 1.807) is 17.9 Å². The molecule has 31 heavy (non-hydrogen) atoms. The van der Waals surface area contributed by atoms with Crippen molar-refractivity contribution >= 4 is 40.5 Å². The van der Waals surface area contributed by atoms with Gasteiger partial charge in [0.1, 0.15) is 6.04 Å². The molecule has 2 N–H and O–H groups in total. The Kier molecular flexibility index (Phi) is 5.96. The predicted molar refractivity (Wildman–Crippen MR) is 126 cm³/mol. The minimum atomic E-state index is -0.593. The lowest BCUT2D eigenvalue weighted by atomic mass is 10.0. The van der Waals surface area contributed by atoms with Gasteiger partial charge in [-0.3, -0.25) is 9.59 Å². The Labute approximate surface area is 187 Å². The number of hydrogen-bond donors (Lipinski definition) is 2. The van der Waals surface area contributed by atoms with E-state index >= 15 is 0 Å². The number of amides is 2. The highest BCUT2D eigenvalue weighted by atomic mass is 35.5. The number of halogens is 1. The third-order valence-electron chi connectivity index (χ3n) is 5.50. The van der Waals surface area contributed by atoms with Gasteiger partial charge in [-0.15, -0.1) is 0 Å². The minimum absolute atomic E-state index is 0.0396. The maximum atomic E-state index is 13.2. The highest BCUT2D eigenvalue weighted by molar-refractivity contribution is 6.31. The van der Waals surface area contributed by atoms with Crippen LogP contribution in [-0.4, -0.2) is 18.4 Å². The molecule has 0 spiro atoms. The molecular formula is C25H24ClN3O2. The summed E-state index contributed by atoms with van der Waals surface area (Å²) in [6, 6.07) is 20.3. The number of fused-ring (bicyclic) bond motifs is 1. The molecule has 0 saturated carbocycles. The zero-order valence-corrected chi connectivity index (χ0v) is 18.2. The van der Waals surface area contributed by atoms with Crippen LogP contribution in [0.1, 0.15) is 29.7 Å².